The Morgan fingerprint density at radius 3 is 2.29 bits per heavy atom. The van der Waals surface area contributed by atoms with Crippen LogP contribution >= 0.6 is 0 Å². The first-order valence-corrected chi connectivity index (χ1v) is 5.32. The molecule has 0 unspecified atom stereocenters. The molecule has 0 fully saturated rings. The van der Waals surface area contributed by atoms with Gasteiger partial charge in [-0.15, -0.1) is 0 Å². The van der Waals surface area contributed by atoms with E-state index in [0.29, 0.717) is 16.8 Å². The van der Waals surface area contributed by atoms with Crippen molar-refractivity contribution in [3.8, 4) is 0 Å². The molecule has 0 saturated carbocycles. The molecule has 0 bridgehead atoms. The van der Waals surface area contributed by atoms with Gasteiger partial charge < -0.3 is 0 Å². The zero-order valence-corrected chi connectivity index (χ0v) is 9.70. The third kappa shape index (κ3) is 2.38. The summed E-state index contributed by atoms with van der Waals surface area (Å²) in [5.41, 5.74) is 2.60. The summed E-state index contributed by atoms with van der Waals surface area (Å²) in [7, 11) is 0. The van der Waals surface area contributed by atoms with E-state index in [4.69, 9.17) is 0 Å². The maximum absolute atomic E-state index is 12.8. The molecule has 2 aromatic rings. The molecule has 1 aromatic carbocycles. The van der Waals surface area contributed by atoms with Gasteiger partial charge in [-0.2, -0.15) is 0 Å². The number of halogens is 1. The molecule has 0 aliphatic rings. The Balaban J connectivity index is 2.40. The highest BCUT2D eigenvalue weighted by Gasteiger charge is 2.12. The number of hydrogen-bond acceptors (Lipinski definition) is 2. The second-order valence-corrected chi connectivity index (χ2v) is 3.92. The second kappa shape index (κ2) is 4.45. The normalized spacial score (nSPS) is 10.3. The van der Waals surface area contributed by atoms with Gasteiger partial charge in [0.25, 0.3) is 0 Å². The maximum Gasteiger partial charge on any atom is 0.194 e. The minimum atomic E-state index is -0.347. The van der Waals surface area contributed by atoms with Gasteiger partial charge in [-0.3, -0.25) is 9.78 Å². The van der Waals surface area contributed by atoms with Crippen LogP contribution in [-0.4, -0.2) is 10.8 Å². The largest absolute Gasteiger partial charge is 0.289 e. The van der Waals surface area contributed by atoms with Crippen molar-refractivity contribution in [2.24, 2.45) is 0 Å². The lowest BCUT2D eigenvalue weighted by Gasteiger charge is -2.05. The van der Waals surface area contributed by atoms with E-state index in [1.54, 1.807) is 19.1 Å². The van der Waals surface area contributed by atoms with Crippen molar-refractivity contribution in [1.82, 2.24) is 4.98 Å². The van der Waals surface area contributed by atoms with Crippen molar-refractivity contribution in [1.29, 1.82) is 0 Å². The average molecular weight is 229 g/mol. The predicted molar refractivity (Wildman–Crippen MR) is 63.5 cm³/mol. The Morgan fingerprint density at radius 2 is 1.71 bits per heavy atom. The number of aryl methyl sites for hydroxylation is 2. The Morgan fingerprint density at radius 1 is 1.06 bits per heavy atom. The summed E-state index contributed by atoms with van der Waals surface area (Å²) in [6.07, 6.45) is 0. The fraction of sp³-hybridized carbons (Fsp3) is 0.143. The van der Waals surface area contributed by atoms with Crippen LogP contribution in [0.5, 0.6) is 0 Å². The van der Waals surface area contributed by atoms with Crippen LogP contribution in [-0.2, 0) is 0 Å². The predicted octanol–water partition coefficient (Wildman–Crippen LogP) is 3.07. The van der Waals surface area contributed by atoms with Gasteiger partial charge in [-0.05, 0) is 50.2 Å². The van der Waals surface area contributed by atoms with Crippen LogP contribution in [0.15, 0.2) is 36.4 Å². The number of carbonyl (C=O) groups excluding carboxylic acids is 1. The minimum absolute atomic E-state index is 0.130. The molecule has 17 heavy (non-hydrogen) atoms. The summed E-state index contributed by atoms with van der Waals surface area (Å²) >= 11 is 0. The maximum atomic E-state index is 12.8. The topological polar surface area (TPSA) is 30.0 Å². The molecule has 0 N–H and O–H groups in total. The number of pyridine rings is 1. The van der Waals surface area contributed by atoms with Gasteiger partial charge in [0.05, 0.1) is 0 Å². The molecule has 2 nitrogen and oxygen atoms in total. The van der Waals surface area contributed by atoms with Crippen LogP contribution in [0.3, 0.4) is 0 Å². The lowest BCUT2D eigenvalue weighted by molar-refractivity contribution is 0.103. The summed E-state index contributed by atoms with van der Waals surface area (Å²) in [6.45, 7) is 3.67. The fourth-order valence-electron chi connectivity index (χ4n) is 1.68. The van der Waals surface area contributed by atoms with Crippen molar-refractivity contribution in [2.75, 3.05) is 0 Å². The number of aromatic nitrogens is 1. The van der Waals surface area contributed by atoms with E-state index >= 15 is 0 Å². The van der Waals surface area contributed by atoms with Crippen molar-refractivity contribution in [3.05, 3.63) is 64.7 Å². The summed E-state index contributed by atoms with van der Waals surface area (Å²) in [4.78, 5) is 16.4. The number of nitrogens with zero attached hydrogens (tertiary/aromatic N) is 1. The molecule has 0 amide bonds. The number of rotatable bonds is 2. The van der Waals surface area contributed by atoms with Crippen LogP contribution in [0, 0.1) is 19.7 Å². The first-order valence-electron chi connectivity index (χ1n) is 5.32. The molecule has 0 aliphatic heterocycles. The van der Waals surface area contributed by atoms with Gasteiger partial charge in [0.15, 0.2) is 5.78 Å². The Kier molecular flexibility index (Phi) is 3.00. The quantitative estimate of drug-likeness (QED) is 0.741. The second-order valence-electron chi connectivity index (χ2n) is 3.92. The van der Waals surface area contributed by atoms with Crippen LogP contribution in [0.25, 0.3) is 0 Å². The minimum Gasteiger partial charge on any atom is -0.289 e. The molecule has 2 rings (SSSR count). The first-order chi connectivity index (χ1) is 8.08. The molecule has 1 heterocycles. The van der Waals surface area contributed by atoms with E-state index in [0.717, 1.165) is 5.69 Å². The van der Waals surface area contributed by atoms with Crippen molar-refractivity contribution >= 4 is 5.78 Å². The summed E-state index contributed by atoms with van der Waals surface area (Å²) < 4.78 is 12.8. The van der Waals surface area contributed by atoms with Crippen LogP contribution < -0.4 is 0 Å². The fourth-order valence-corrected chi connectivity index (χ4v) is 1.68. The van der Waals surface area contributed by atoms with Gasteiger partial charge in [0.1, 0.15) is 5.82 Å². The van der Waals surface area contributed by atoms with Crippen molar-refractivity contribution in [2.45, 2.75) is 13.8 Å². The Labute approximate surface area is 99.1 Å². The molecule has 0 spiro atoms. The monoisotopic (exact) mass is 229 g/mol. The van der Waals surface area contributed by atoms with Crippen LogP contribution in [0.4, 0.5) is 4.39 Å². The molecule has 1 aromatic heterocycles. The number of carbonyl (C=O) groups is 1. The van der Waals surface area contributed by atoms with E-state index in [9.17, 15) is 9.18 Å². The molecule has 3 heteroatoms. The van der Waals surface area contributed by atoms with Crippen molar-refractivity contribution < 1.29 is 9.18 Å². The van der Waals surface area contributed by atoms with Crippen LogP contribution in [0.1, 0.15) is 27.3 Å². The third-order valence-corrected chi connectivity index (χ3v) is 2.58. The zero-order chi connectivity index (χ0) is 12.4. The lowest BCUT2D eigenvalue weighted by Crippen LogP contribution is -2.05. The molecular weight excluding hydrogens is 217 g/mol. The van der Waals surface area contributed by atoms with E-state index in [2.05, 4.69) is 4.98 Å². The first kappa shape index (κ1) is 11.5. The summed E-state index contributed by atoms with van der Waals surface area (Å²) in [6, 6.07) is 9.08. The Bertz CT molecular complexity index is 561. The highest BCUT2D eigenvalue weighted by Crippen LogP contribution is 2.13. The summed E-state index contributed by atoms with van der Waals surface area (Å²) in [5, 5.41) is 0. The molecule has 0 radical (unpaired) electrons. The highest BCUT2D eigenvalue weighted by molar-refractivity contribution is 6.09. The highest BCUT2D eigenvalue weighted by atomic mass is 19.1. The summed E-state index contributed by atoms with van der Waals surface area (Å²) in [5.74, 6) is -0.477. The van der Waals surface area contributed by atoms with Gasteiger partial charge >= 0.3 is 0 Å². The number of ketones is 1. The molecule has 0 atom stereocenters. The number of hydrogen-bond donors (Lipinski definition) is 0. The van der Waals surface area contributed by atoms with E-state index < -0.39 is 0 Å². The Hall–Kier alpha value is -2.03. The SMILES string of the molecule is Cc1ccc(C(=O)c2ccc(F)cc2)c(C)n1. The van der Waals surface area contributed by atoms with Gasteiger partial charge in [-0.1, -0.05) is 0 Å². The van der Waals surface area contributed by atoms with Gasteiger partial charge in [-0.25, -0.2) is 4.39 Å². The van der Waals surface area contributed by atoms with Crippen molar-refractivity contribution in [3.63, 3.8) is 0 Å². The lowest BCUT2D eigenvalue weighted by atomic mass is 10.0. The third-order valence-electron chi connectivity index (χ3n) is 2.58. The number of benzene rings is 1. The average Bonchev–Trinajstić information content (AvgIpc) is 2.29. The molecular formula is C14H12FNO. The van der Waals surface area contributed by atoms with Crippen LogP contribution in [0.2, 0.25) is 0 Å². The molecule has 86 valence electrons. The standard InChI is InChI=1S/C14H12FNO/c1-9-3-8-13(10(2)16-9)14(17)11-4-6-12(15)7-5-11/h3-8H,1-2H3. The van der Waals surface area contributed by atoms with E-state index in [-0.39, 0.29) is 11.6 Å². The molecule has 0 aliphatic carbocycles. The van der Waals surface area contributed by atoms with Gasteiger partial charge in [0.2, 0.25) is 0 Å². The molecule has 0 saturated heterocycles. The zero-order valence-electron chi connectivity index (χ0n) is 9.70. The smallest absolute Gasteiger partial charge is 0.194 e. The van der Waals surface area contributed by atoms with Gasteiger partial charge in [0, 0.05) is 22.5 Å². The van der Waals surface area contributed by atoms with E-state index in [1.807, 2.05) is 6.92 Å². The van der Waals surface area contributed by atoms with E-state index in [1.165, 1.54) is 24.3 Å².